The molecule has 0 N–H and O–H groups in total. The third kappa shape index (κ3) is 2.37. The van der Waals surface area contributed by atoms with Gasteiger partial charge in [-0.2, -0.15) is 0 Å². The summed E-state index contributed by atoms with van der Waals surface area (Å²) in [6.07, 6.45) is 0. The van der Waals surface area contributed by atoms with Crippen LogP contribution in [0, 0.1) is 0 Å². The fourth-order valence-corrected chi connectivity index (χ4v) is 2.62. The predicted molar refractivity (Wildman–Crippen MR) is 78.0 cm³/mol. The molecule has 0 spiro atoms. The summed E-state index contributed by atoms with van der Waals surface area (Å²) in [5.74, 6) is 0.879. The van der Waals surface area contributed by atoms with Crippen LogP contribution in [-0.4, -0.2) is 17.9 Å². The van der Waals surface area contributed by atoms with Crippen LogP contribution in [0.1, 0.15) is 21.5 Å². The molecule has 1 aliphatic rings. The number of fused-ring (bicyclic) bond motifs is 1. The van der Waals surface area contributed by atoms with Crippen molar-refractivity contribution in [1.82, 2.24) is 4.90 Å². The highest BCUT2D eigenvalue weighted by atomic mass is 35.5. The van der Waals surface area contributed by atoms with E-state index in [1.807, 2.05) is 35.2 Å². The minimum absolute atomic E-state index is 0.0625. The highest BCUT2D eigenvalue weighted by Gasteiger charge is 2.27. The maximum atomic E-state index is 12.3. The molecule has 0 saturated heterocycles. The van der Waals surface area contributed by atoms with Crippen LogP contribution in [0.25, 0.3) is 0 Å². The van der Waals surface area contributed by atoms with Gasteiger partial charge in [-0.3, -0.25) is 4.79 Å². The van der Waals surface area contributed by atoms with Gasteiger partial charge >= 0.3 is 0 Å². The molecule has 0 bridgehead atoms. The third-order valence-corrected chi connectivity index (χ3v) is 3.71. The predicted octanol–water partition coefficient (Wildman–Crippen LogP) is 3.50. The van der Waals surface area contributed by atoms with Gasteiger partial charge in [0.2, 0.25) is 0 Å². The van der Waals surface area contributed by atoms with Crippen molar-refractivity contribution in [2.75, 3.05) is 7.11 Å². The smallest absolute Gasteiger partial charge is 0.254 e. The number of halogens is 1. The summed E-state index contributed by atoms with van der Waals surface area (Å²) < 4.78 is 5.13. The van der Waals surface area contributed by atoms with Gasteiger partial charge in [0.25, 0.3) is 5.91 Å². The number of hydrogen-bond acceptors (Lipinski definition) is 2. The van der Waals surface area contributed by atoms with Crippen LogP contribution in [0.2, 0.25) is 5.02 Å². The van der Waals surface area contributed by atoms with Crippen molar-refractivity contribution < 1.29 is 9.53 Å². The van der Waals surface area contributed by atoms with Crippen LogP contribution in [0.15, 0.2) is 42.5 Å². The summed E-state index contributed by atoms with van der Waals surface area (Å²) >= 11 is 5.97. The van der Waals surface area contributed by atoms with Gasteiger partial charge in [0.1, 0.15) is 5.75 Å². The molecule has 3 nitrogen and oxygen atoms in total. The number of hydrogen-bond donors (Lipinski definition) is 0. The maximum Gasteiger partial charge on any atom is 0.254 e. The molecule has 0 aliphatic carbocycles. The van der Waals surface area contributed by atoms with Gasteiger partial charge in [-0.15, -0.1) is 0 Å². The molecule has 20 heavy (non-hydrogen) atoms. The molecule has 3 rings (SSSR count). The van der Waals surface area contributed by atoms with Crippen LogP contribution in [-0.2, 0) is 13.1 Å². The highest BCUT2D eigenvalue weighted by molar-refractivity contribution is 6.30. The first kappa shape index (κ1) is 13.0. The van der Waals surface area contributed by atoms with Crippen molar-refractivity contribution in [3.05, 3.63) is 64.2 Å². The Morgan fingerprint density at radius 1 is 1.20 bits per heavy atom. The van der Waals surface area contributed by atoms with Crippen molar-refractivity contribution in [3.8, 4) is 5.75 Å². The van der Waals surface area contributed by atoms with Crippen molar-refractivity contribution >= 4 is 17.5 Å². The fraction of sp³-hybridized carbons (Fsp3) is 0.188. The Bertz CT molecular complexity index is 652. The van der Waals surface area contributed by atoms with E-state index >= 15 is 0 Å². The van der Waals surface area contributed by atoms with Gasteiger partial charge in [-0.05, 0) is 41.5 Å². The molecule has 2 aromatic rings. The Morgan fingerprint density at radius 3 is 2.65 bits per heavy atom. The van der Waals surface area contributed by atoms with E-state index in [4.69, 9.17) is 16.3 Å². The molecule has 0 saturated carbocycles. The number of ether oxygens (including phenoxy) is 1. The van der Waals surface area contributed by atoms with Gasteiger partial charge in [0.15, 0.2) is 0 Å². The van der Waals surface area contributed by atoms with Gasteiger partial charge in [-0.25, -0.2) is 0 Å². The Balaban J connectivity index is 1.78. The second kappa shape index (κ2) is 5.17. The lowest BCUT2D eigenvalue weighted by Gasteiger charge is -2.15. The number of methoxy groups -OCH3 is 1. The fourth-order valence-electron chi connectivity index (χ4n) is 2.43. The molecule has 0 fully saturated rings. The summed E-state index contributed by atoms with van der Waals surface area (Å²) in [5, 5.41) is 0.669. The highest BCUT2D eigenvalue weighted by Crippen LogP contribution is 2.27. The van der Waals surface area contributed by atoms with Crippen LogP contribution in [0.3, 0.4) is 0 Å². The van der Waals surface area contributed by atoms with Crippen molar-refractivity contribution in [2.24, 2.45) is 0 Å². The van der Waals surface area contributed by atoms with Gasteiger partial charge in [0.05, 0.1) is 7.11 Å². The lowest BCUT2D eigenvalue weighted by atomic mass is 10.1. The van der Waals surface area contributed by atoms with E-state index in [9.17, 15) is 4.79 Å². The average molecular weight is 288 g/mol. The Kier molecular flexibility index (Phi) is 3.36. The van der Waals surface area contributed by atoms with Crippen LogP contribution in [0.4, 0.5) is 0 Å². The Hall–Kier alpha value is -2.00. The quantitative estimate of drug-likeness (QED) is 0.865. The SMILES string of the molecule is COc1ccc(CN2Cc3cc(Cl)ccc3C2=O)cc1. The van der Waals surface area contributed by atoms with E-state index in [1.54, 1.807) is 19.2 Å². The van der Waals surface area contributed by atoms with Crippen molar-refractivity contribution in [2.45, 2.75) is 13.1 Å². The molecule has 0 atom stereocenters. The molecular formula is C16H14ClNO2. The number of rotatable bonds is 3. The van der Waals surface area contributed by atoms with Crippen LogP contribution >= 0.6 is 11.6 Å². The zero-order chi connectivity index (χ0) is 14.1. The first-order valence-electron chi connectivity index (χ1n) is 6.38. The van der Waals surface area contributed by atoms with Crippen molar-refractivity contribution in [1.29, 1.82) is 0 Å². The molecule has 2 aromatic carbocycles. The zero-order valence-corrected chi connectivity index (χ0v) is 11.9. The second-order valence-electron chi connectivity index (χ2n) is 4.81. The first-order chi connectivity index (χ1) is 9.67. The van der Waals surface area contributed by atoms with Crippen LogP contribution in [0.5, 0.6) is 5.75 Å². The summed E-state index contributed by atoms with van der Waals surface area (Å²) in [5.41, 5.74) is 2.83. The molecule has 0 aromatic heterocycles. The molecular weight excluding hydrogens is 274 g/mol. The molecule has 4 heteroatoms. The topological polar surface area (TPSA) is 29.5 Å². The molecule has 0 radical (unpaired) electrons. The van der Waals surface area contributed by atoms with E-state index in [0.717, 1.165) is 22.4 Å². The molecule has 1 aliphatic heterocycles. The van der Waals surface area contributed by atoms with E-state index < -0.39 is 0 Å². The summed E-state index contributed by atoms with van der Waals surface area (Å²) in [4.78, 5) is 14.1. The van der Waals surface area contributed by atoms with Gasteiger partial charge < -0.3 is 9.64 Å². The minimum Gasteiger partial charge on any atom is -0.497 e. The lowest BCUT2D eigenvalue weighted by molar-refractivity contribution is 0.0766. The molecule has 102 valence electrons. The second-order valence-corrected chi connectivity index (χ2v) is 5.25. The third-order valence-electron chi connectivity index (χ3n) is 3.48. The van der Waals surface area contributed by atoms with E-state index in [-0.39, 0.29) is 5.91 Å². The van der Waals surface area contributed by atoms with Crippen molar-refractivity contribution in [3.63, 3.8) is 0 Å². The van der Waals surface area contributed by atoms with Gasteiger partial charge in [-0.1, -0.05) is 23.7 Å². The number of carbonyl (C=O) groups excluding carboxylic acids is 1. The first-order valence-corrected chi connectivity index (χ1v) is 6.76. The largest absolute Gasteiger partial charge is 0.497 e. The number of benzene rings is 2. The number of amides is 1. The standard InChI is InChI=1S/C16H14ClNO2/c1-20-14-5-2-11(3-6-14)9-18-10-12-8-13(17)4-7-15(12)16(18)19/h2-8H,9-10H2,1H3. The monoisotopic (exact) mass is 287 g/mol. The molecule has 1 heterocycles. The lowest BCUT2D eigenvalue weighted by Crippen LogP contribution is -2.23. The normalized spacial score (nSPS) is 13.5. The summed E-state index contributed by atoms with van der Waals surface area (Å²) in [6, 6.07) is 13.2. The average Bonchev–Trinajstić information content (AvgIpc) is 2.75. The van der Waals surface area contributed by atoms with E-state index in [1.165, 1.54) is 0 Å². The van der Waals surface area contributed by atoms with E-state index in [0.29, 0.717) is 18.1 Å². The number of nitrogens with zero attached hydrogens (tertiary/aromatic N) is 1. The number of carbonyl (C=O) groups is 1. The summed E-state index contributed by atoms with van der Waals surface area (Å²) in [7, 11) is 1.64. The van der Waals surface area contributed by atoms with Crippen LogP contribution < -0.4 is 4.74 Å². The van der Waals surface area contributed by atoms with Gasteiger partial charge in [0, 0.05) is 23.7 Å². The van der Waals surface area contributed by atoms with E-state index in [2.05, 4.69) is 0 Å². The Morgan fingerprint density at radius 2 is 1.95 bits per heavy atom. The zero-order valence-electron chi connectivity index (χ0n) is 11.1. The Labute approximate surface area is 122 Å². The summed E-state index contributed by atoms with van der Waals surface area (Å²) in [6.45, 7) is 1.20. The maximum absolute atomic E-state index is 12.3. The molecule has 1 amide bonds. The molecule has 0 unspecified atom stereocenters. The minimum atomic E-state index is 0.0625.